The van der Waals surface area contributed by atoms with Gasteiger partial charge >= 0.3 is 0 Å². The van der Waals surface area contributed by atoms with Crippen LogP contribution in [0, 0.1) is 5.82 Å². The molecular formula is C17H17Cl2FN2O. The lowest BCUT2D eigenvalue weighted by Gasteiger charge is -2.24. The van der Waals surface area contributed by atoms with Crippen molar-refractivity contribution in [1.82, 2.24) is 4.90 Å². The van der Waals surface area contributed by atoms with Crippen LogP contribution >= 0.6 is 23.2 Å². The summed E-state index contributed by atoms with van der Waals surface area (Å²) in [6.45, 7) is 2.39. The van der Waals surface area contributed by atoms with E-state index in [1.54, 1.807) is 6.92 Å². The maximum Gasteiger partial charge on any atom is 0.241 e. The van der Waals surface area contributed by atoms with Gasteiger partial charge in [0.2, 0.25) is 5.91 Å². The summed E-state index contributed by atoms with van der Waals surface area (Å²) >= 11 is 11.8. The molecule has 0 bridgehead atoms. The third-order valence-corrected chi connectivity index (χ3v) is 4.14. The highest BCUT2D eigenvalue weighted by Crippen LogP contribution is 2.23. The number of nitrogens with one attached hydrogen (secondary N) is 1. The number of nitrogens with zero attached hydrogens (tertiary/aromatic N) is 1. The minimum atomic E-state index is -0.444. The number of likely N-dealkylation sites (N-methyl/N-ethyl adjacent to an activating group) is 1. The van der Waals surface area contributed by atoms with Gasteiger partial charge in [0.1, 0.15) is 5.82 Å². The predicted octanol–water partition coefficient (Wildman–Crippen LogP) is 4.59. The highest BCUT2D eigenvalue weighted by Gasteiger charge is 2.19. The summed E-state index contributed by atoms with van der Waals surface area (Å²) in [5.74, 6) is -0.657. The fraction of sp³-hybridized carbons (Fsp3) is 0.235. The molecule has 0 radical (unpaired) electrons. The van der Waals surface area contributed by atoms with E-state index in [9.17, 15) is 9.18 Å². The molecule has 0 aliphatic heterocycles. The minimum Gasteiger partial charge on any atom is -0.323 e. The third kappa shape index (κ3) is 4.93. The van der Waals surface area contributed by atoms with E-state index in [1.807, 2.05) is 36.2 Å². The number of carbonyl (C=O) groups excluding carboxylic acids is 1. The van der Waals surface area contributed by atoms with Gasteiger partial charge in [-0.1, -0.05) is 35.3 Å². The standard InChI is InChI=1S/C17H17Cl2FN2O/c1-11(22(2)10-12-3-5-13(18)6-4-12)17(23)21-16-8-7-14(20)9-15(16)19/h3-9,11H,10H2,1-2H3,(H,21,23)/t11-/m0/s1. The van der Waals surface area contributed by atoms with E-state index < -0.39 is 5.82 Å². The lowest BCUT2D eigenvalue weighted by Crippen LogP contribution is -2.39. The van der Waals surface area contributed by atoms with E-state index >= 15 is 0 Å². The fourth-order valence-corrected chi connectivity index (χ4v) is 2.38. The largest absolute Gasteiger partial charge is 0.323 e. The maximum atomic E-state index is 13.0. The molecule has 122 valence electrons. The van der Waals surface area contributed by atoms with Crippen LogP contribution in [0.5, 0.6) is 0 Å². The van der Waals surface area contributed by atoms with Crippen molar-refractivity contribution < 1.29 is 9.18 Å². The van der Waals surface area contributed by atoms with Gasteiger partial charge in [0.15, 0.2) is 0 Å². The first-order valence-corrected chi connectivity index (χ1v) is 7.83. The summed E-state index contributed by atoms with van der Waals surface area (Å²) in [6.07, 6.45) is 0. The number of halogens is 3. The van der Waals surface area contributed by atoms with E-state index in [0.29, 0.717) is 17.3 Å². The first-order chi connectivity index (χ1) is 10.9. The van der Waals surface area contributed by atoms with Crippen LogP contribution < -0.4 is 5.32 Å². The molecule has 23 heavy (non-hydrogen) atoms. The second kappa shape index (κ2) is 7.77. The number of carbonyl (C=O) groups is 1. The number of amides is 1. The van der Waals surface area contributed by atoms with Crippen molar-refractivity contribution in [3.05, 3.63) is 63.9 Å². The molecule has 0 aromatic heterocycles. The Morgan fingerprint density at radius 2 is 1.87 bits per heavy atom. The summed E-state index contributed by atoms with van der Waals surface area (Å²) in [4.78, 5) is 14.2. The van der Waals surface area contributed by atoms with E-state index in [2.05, 4.69) is 5.32 Å². The molecule has 2 aromatic carbocycles. The monoisotopic (exact) mass is 354 g/mol. The van der Waals surface area contributed by atoms with Crippen molar-refractivity contribution in [3.63, 3.8) is 0 Å². The molecule has 3 nitrogen and oxygen atoms in total. The van der Waals surface area contributed by atoms with Crippen LogP contribution in [0.1, 0.15) is 12.5 Å². The molecule has 6 heteroatoms. The Morgan fingerprint density at radius 1 is 1.22 bits per heavy atom. The zero-order valence-corrected chi connectivity index (χ0v) is 14.3. The Labute approximate surface area is 145 Å². The zero-order valence-electron chi connectivity index (χ0n) is 12.8. The van der Waals surface area contributed by atoms with E-state index in [0.717, 1.165) is 5.56 Å². The summed E-state index contributed by atoms with van der Waals surface area (Å²) in [5.41, 5.74) is 1.45. The number of benzene rings is 2. The average molecular weight is 355 g/mol. The molecule has 0 unspecified atom stereocenters. The van der Waals surface area contributed by atoms with Crippen LogP contribution in [0.2, 0.25) is 10.0 Å². The quantitative estimate of drug-likeness (QED) is 0.851. The van der Waals surface area contributed by atoms with Crippen LogP contribution in [0.3, 0.4) is 0 Å². The molecule has 2 rings (SSSR count). The molecule has 0 fully saturated rings. The Bertz CT molecular complexity index is 691. The normalized spacial score (nSPS) is 12.3. The molecule has 0 heterocycles. The van der Waals surface area contributed by atoms with E-state index in [4.69, 9.17) is 23.2 Å². The number of hydrogen-bond donors (Lipinski definition) is 1. The maximum absolute atomic E-state index is 13.0. The van der Waals surface area contributed by atoms with Crippen molar-refractivity contribution in [2.24, 2.45) is 0 Å². The van der Waals surface area contributed by atoms with Gasteiger partial charge in [-0.3, -0.25) is 9.69 Å². The molecule has 0 aliphatic carbocycles. The molecule has 1 atom stereocenters. The Balaban J connectivity index is 1.99. The summed E-state index contributed by atoms with van der Waals surface area (Å²) in [7, 11) is 1.85. The lowest BCUT2D eigenvalue weighted by molar-refractivity contribution is -0.120. The summed E-state index contributed by atoms with van der Waals surface area (Å²) in [6, 6.07) is 10.9. The minimum absolute atomic E-state index is 0.172. The van der Waals surface area contributed by atoms with Crippen LogP contribution in [-0.2, 0) is 11.3 Å². The van der Waals surface area contributed by atoms with Crippen LogP contribution in [0.4, 0.5) is 10.1 Å². The second-order valence-electron chi connectivity index (χ2n) is 5.33. The predicted molar refractivity (Wildman–Crippen MR) is 92.4 cm³/mol. The highest BCUT2D eigenvalue weighted by atomic mass is 35.5. The van der Waals surface area contributed by atoms with Gasteiger partial charge in [0, 0.05) is 11.6 Å². The van der Waals surface area contributed by atoms with Gasteiger partial charge in [0.05, 0.1) is 16.8 Å². The van der Waals surface area contributed by atoms with Gasteiger partial charge in [-0.05, 0) is 49.9 Å². The van der Waals surface area contributed by atoms with E-state index in [-0.39, 0.29) is 17.0 Å². The summed E-state index contributed by atoms with van der Waals surface area (Å²) in [5, 5.41) is 3.56. The molecule has 2 aromatic rings. The van der Waals surface area contributed by atoms with Crippen molar-refractivity contribution in [1.29, 1.82) is 0 Å². The van der Waals surface area contributed by atoms with Gasteiger partial charge in [-0.25, -0.2) is 4.39 Å². The smallest absolute Gasteiger partial charge is 0.241 e. The molecule has 0 saturated carbocycles. The lowest BCUT2D eigenvalue weighted by atomic mass is 10.2. The number of hydrogen-bond acceptors (Lipinski definition) is 2. The highest BCUT2D eigenvalue weighted by molar-refractivity contribution is 6.33. The van der Waals surface area contributed by atoms with Gasteiger partial charge in [-0.2, -0.15) is 0 Å². The number of anilines is 1. The SMILES string of the molecule is C[C@@H](C(=O)Nc1ccc(F)cc1Cl)N(C)Cc1ccc(Cl)cc1. The van der Waals surface area contributed by atoms with E-state index in [1.165, 1.54) is 18.2 Å². The van der Waals surface area contributed by atoms with Crippen LogP contribution in [0.15, 0.2) is 42.5 Å². The van der Waals surface area contributed by atoms with Gasteiger partial charge in [-0.15, -0.1) is 0 Å². The molecule has 0 aliphatic rings. The number of rotatable bonds is 5. The third-order valence-electron chi connectivity index (χ3n) is 3.57. The molecule has 1 N–H and O–H groups in total. The Morgan fingerprint density at radius 3 is 2.48 bits per heavy atom. The molecule has 0 saturated heterocycles. The van der Waals surface area contributed by atoms with Gasteiger partial charge < -0.3 is 5.32 Å². The fourth-order valence-electron chi connectivity index (χ4n) is 2.04. The van der Waals surface area contributed by atoms with Gasteiger partial charge in [0.25, 0.3) is 0 Å². The van der Waals surface area contributed by atoms with Crippen LogP contribution in [-0.4, -0.2) is 23.9 Å². The first kappa shape index (κ1) is 17.7. The van der Waals surface area contributed by atoms with Crippen molar-refractivity contribution in [3.8, 4) is 0 Å². The second-order valence-corrected chi connectivity index (χ2v) is 6.17. The molecule has 1 amide bonds. The Hall–Kier alpha value is -1.62. The Kier molecular flexibility index (Phi) is 5.99. The first-order valence-electron chi connectivity index (χ1n) is 7.07. The van der Waals surface area contributed by atoms with Crippen molar-refractivity contribution in [2.45, 2.75) is 19.5 Å². The molecule has 0 spiro atoms. The topological polar surface area (TPSA) is 32.3 Å². The summed E-state index contributed by atoms with van der Waals surface area (Å²) < 4.78 is 13.0. The van der Waals surface area contributed by atoms with Crippen LogP contribution in [0.25, 0.3) is 0 Å². The average Bonchev–Trinajstić information content (AvgIpc) is 2.51. The zero-order chi connectivity index (χ0) is 17.0. The molecular weight excluding hydrogens is 338 g/mol. The van der Waals surface area contributed by atoms with Crippen molar-refractivity contribution >= 4 is 34.8 Å². The van der Waals surface area contributed by atoms with Crippen molar-refractivity contribution in [2.75, 3.05) is 12.4 Å².